The van der Waals surface area contributed by atoms with E-state index in [9.17, 15) is 14.9 Å². The Hall–Kier alpha value is -1.91. The number of hydrogen-bond acceptors (Lipinski definition) is 3. The summed E-state index contributed by atoms with van der Waals surface area (Å²) in [5.41, 5.74) is 1.09. The molecule has 2 aliphatic carbocycles. The molecule has 0 spiro atoms. The minimum absolute atomic E-state index is 0.0569. The first-order valence-corrected chi connectivity index (χ1v) is 7.10. The Bertz CT molecular complexity index is 570. The van der Waals surface area contributed by atoms with Crippen LogP contribution in [-0.4, -0.2) is 16.9 Å². The average molecular weight is 274 g/mol. The Balaban J connectivity index is 1.71. The highest BCUT2D eigenvalue weighted by Gasteiger charge is 2.40. The SMILES string of the molecule is Cc1cc(C(=O)NC2CC3CCC2C3)ccc1[N+](=O)[O-]. The summed E-state index contributed by atoms with van der Waals surface area (Å²) in [6.45, 7) is 1.66. The number of nitro benzene ring substituents is 1. The van der Waals surface area contributed by atoms with E-state index in [1.807, 2.05) is 0 Å². The highest BCUT2D eigenvalue weighted by atomic mass is 16.6. The quantitative estimate of drug-likeness (QED) is 0.680. The Morgan fingerprint density at radius 3 is 2.70 bits per heavy atom. The number of aryl methyl sites for hydroxylation is 1. The lowest BCUT2D eigenvalue weighted by Gasteiger charge is -2.22. The predicted molar refractivity (Wildman–Crippen MR) is 74.5 cm³/mol. The number of hydrogen-bond donors (Lipinski definition) is 1. The van der Waals surface area contributed by atoms with Crippen LogP contribution < -0.4 is 5.32 Å². The van der Waals surface area contributed by atoms with Gasteiger partial charge in [0.1, 0.15) is 0 Å². The third-order valence-corrected chi connectivity index (χ3v) is 4.71. The summed E-state index contributed by atoms with van der Waals surface area (Å²) in [5, 5.41) is 13.9. The molecule has 1 aromatic rings. The lowest BCUT2D eigenvalue weighted by atomic mass is 9.95. The normalized spacial score (nSPS) is 27.6. The molecule has 3 atom stereocenters. The van der Waals surface area contributed by atoms with Gasteiger partial charge in [0, 0.05) is 23.2 Å². The molecule has 2 aliphatic rings. The van der Waals surface area contributed by atoms with E-state index >= 15 is 0 Å². The first-order valence-electron chi connectivity index (χ1n) is 7.10. The number of nitrogens with zero attached hydrogens (tertiary/aromatic N) is 1. The summed E-state index contributed by atoms with van der Waals surface area (Å²) < 4.78 is 0. The molecule has 3 rings (SSSR count). The fraction of sp³-hybridized carbons (Fsp3) is 0.533. The molecule has 1 N–H and O–H groups in total. The van der Waals surface area contributed by atoms with Crippen LogP contribution >= 0.6 is 0 Å². The van der Waals surface area contributed by atoms with E-state index in [4.69, 9.17) is 0 Å². The Morgan fingerprint density at radius 2 is 2.15 bits per heavy atom. The van der Waals surface area contributed by atoms with Gasteiger partial charge in [-0.25, -0.2) is 0 Å². The topological polar surface area (TPSA) is 72.2 Å². The van der Waals surface area contributed by atoms with Gasteiger partial charge in [-0.05, 0) is 50.2 Å². The van der Waals surface area contributed by atoms with E-state index in [-0.39, 0.29) is 17.6 Å². The number of fused-ring (bicyclic) bond motifs is 2. The van der Waals surface area contributed by atoms with Crippen molar-refractivity contribution in [1.82, 2.24) is 5.32 Å². The van der Waals surface area contributed by atoms with Crippen molar-refractivity contribution in [3.8, 4) is 0 Å². The Morgan fingerprint density at radius 1 is 1.35 bits per heavy atom. The van der Waals surface area contributed by atoms with Crippen LogP contribution in [0.4, 0.5) is 5.69 Å². The molecule has 20 heavy (non-hydrogen) atoms. The van der Waals surface area contributed by atoms with Gasteiger partial charge in [-0.15, -0.1) is 0 Å². The van der Waals surface area contributed by atoms with Gasteiger partial charge in [-0.3, -0.25) is 14.9 Å². The summed E-state index contributed by atoms with van der Waals surface area (Å²) >= 11 is 0. The molecule has 106 valence electrons. The summed E-state index contributed by atoms with van der Waals surface area (Å²) in [6.07, 6.45) is 4.84. The average Bonchev–Trinajstić information content (AvgIpc) is 3.00. The number of amides is 1. The smallest absolute Gasteiger partial charge is 0.272 e. The molecule has 5 heteroatoms. The lowest BCUT2D eigenvalue weighted by molar-refractivity contribution is -0.385. The van der Waals surface area contributed by atoms with Crippen molar-refractivity contribution in [3.63, 3.8) is 0 Å². The fourth-order valence-corrected chi connectivity index (χ4v) is 3.67. The van der Waals surface area contributed by atoms with Crippen molar-refractivity contribution in [2.75, 3.05) is 0 Å². The molecule has 0 radical (unpaired) electrons. The monoisotopic (exact) mass is 274 g/mol. The minimum Gasteiger partial charge on any atom is -0.349 e. The zero-order chi connectivity index (χ0) is 14.3. The van der Waals surface area contributed by atoms with Crippen molar-refractivity contribution in [1.29, 1.82) is 0 Å². The van der Waals surface area contributed by atoms with Gasteiger partial charge in [0.15, 0.2) is 0 Å². The van der Waals surface area contributed by atoms with E-state index in [2.05, 4.69) is 5.32 Å². The van der Waals surface area contributed by atoms with Crippen molar-refractivity contribution in [3.05, 3.63) is 39.4 Å². The second-order valence-corrected chi connectivity index (χ2v) is 6.01. The highest BCUT2D eigenvalue weighted by Crippen LogP contribution is 2.44. The van der Waals surface area contributed by atoms with Crippen molar-refractivity contribution in [2.45, 2.75) is 38.6 Å². The van der Waals surface area contributed by atoms with Gasteiger partial charge >= 0.3 is 0 Å². The first kappa shape index (κ1) is 13.1. The summed E-state index contributed by atoms with van der Waals surface area (Å²) in [7, 11) is 0. The molecule has 0 heterocycles. The number of carbonyl (C=O) groups excluding carboxylic acids is 1. The molecule has 0 saturated heterocycles. The summed E-state index contributed by atoms with van der Waals surface area (Å²) in [5.74, 6) is 1.30. The van der Waals surface area contributed by atoms with Crippen molar-refractivity contribution in [2.24, 2.45) is 11.8 Å². The van der Waals surface area contributed by atoms with Crippen LogP contribution in [0.2, 0.25) is 0 Å². The molecule has 2 fully saturated rings. The number of rotatable bonds is 3. The second kappa shape index (κ2) is 4.89. The number of nitrogens with one attached hydrogen (secondary N) is 1. The van der Waals surface area contributed by atoms with E-state index in [0.29, 0.717) is 17.0 Å². The Labute approximate surface area is 117 Å². The molecule has 2 saturated carbocycles. The maximum atomic E-state index is 12.2. The van der Waals surface area contributed by atoms with Gasteiger partial charge < -0.3 is 5.32 Å². The third-order valence-electron chi connectivity index (χ3n) is 4.71. The second-order valence-electron chi connectivity index (χ2n) is 6.01. The van der Waals surface area contributed by atoms with Crippen LogP contribution in [-0.2, 0) is 0 Å². The summed E-state index contributed by atoms with van der Waals surface area (Å²) in [4.78, 5) is 22.6. The van der Waals surface area contributed by atoms with E-state index in [0.717, 1.165) is 12.3 Å². The van der Waals surface area contributed by atoms with E-state index in [1.54, 1.807) is 13.0 Å². The molecule has 3 unspecified atom stereocenters. The minimum atomic E-state index is -0.424. The highest BCUT2D eigenvalue weighted by molar-refractivity contribution is 5.95. The molecule has 0 aromatic heterocycles. The maximum absolute atomic E-state index is 12.2. The standard InChI is InChI=1S/C15H18N2O3/c1-9-6-12(4-5-14(9)17(19)20)15(18)16-13-8-10-2-3-11(13)7-10/h4-6,10-11,13H,2-3,7-8H2,1H3,(H,16,18). The molecule has 1 amide bonds. The van der Waals surface area contributed by atoms with Crippen LogP contribution in [0.25, 0.3) is 0 Å². The van der Waals surface area contributed by atoms with Gasteiger partial charge in [-0.1, -0.05) is 6.42 Å². The van der Waals surface area contributed by atoms with Gasteiger partial charge in [-0.2, -0.15) is 0 Å². The van der Waals surface area contributed by atoms with Crippen LogP contribution in [0.15, 0.2) is 18.2 Å². The Kier molecular flexibility index (Phi) is 3.20. The molecular weight excluding hydrogens is 256 g/mol. The van der Waals surface area contributed by atoms with E-state index in [1.165, 1.54) is 31.4 Å². The van der Waals surface area contributed by atoms with Crippen LogP contribution in [0.5, 0.6) is 0 Å². The molecule has 1 aromatic carbocycles. The van der Waals surface area contributed by atoms with E-state index < -0.39 is 4.92 Å². The number of carbonyl (C=O) groups is 1. The van der Waals surface area contributed by atoms with Crippen LogP contribution in [0, 0.1) is 28.9 Å². The van der Waals surface area contributed by atoms with Gasteiger partial charge in [0.25, 0.3) is 11.6 Å². The number of benzene rings is 1. The fourth-order valence-electron chi connectivity index (χ4n) is 3.67. The predicted octanol–water partition coefficient (Wildman–Crippen LogP) is 2.82. The molecule has 0 aliphatic heterocycles. The molecule has 5 nitrogen and oxygen atoms in total. The van der Waals surface area contributed by atoms with Crippen molar-refractivity contribution >= 4 is 11.6 Å². The zero-order valence-corrected chi connectivity index (χ0v) is 11.5. The molecule has 2 bridgehead atoms. The van der Waals surface area contributed by atoms with Crippen LogP contribution in [0.1, 0.15) is 41.6 Å². The number of nitro groups is 1. The first-order chi connectivity index (χ1) is 9.54. The largest absolute Gasteiger partial charge is 0.349 e. The molecular formula is C15H18N2O3. The van der Waals surface area contributed by atoms with Crippen LogP contribution in [0.3, 0.4) is 0 Å². The maximum Gasteiger partial charge on any atom is 0.272 e. The van der Waals surface area contributed by atoms with Gasteiger partial charge in [0.2, 0.25) is 0 Å². The summed E-state index contributed by atoms with van der Waals surface area (Å²) in [6, 6.07) is 4.83. The zero-order valence-electron chi connectivity index (χ0n) is 11.5. The van der Waals surface area contributed by atoms with Crippen molar-refractivity contribution < 1.29 is 9.72 Å². The third kappa shape index (κ3) is 2.28. The van der Waals surface area contributed by atoms with Gasteiger partial charge in [0.05, 0.1) is 4.92 Å². The lowest BCUT2D eigenvalue weighted by Crippen LogP contribution is -2.38.